The number of nitrogens with one attached hydrogen (secondary N) is 1. The van der Waals surface area contributed by atoms with Crippen molar-refractivity contribution in [3.05, 3.63) is 58.7 Å². The predicted molar refractivity (Wildman–Crippen MR) is 86.9 cm³/mol. The summed E-state index contributed by atoms with van der Waals surface area (Å²) in [6.07, 6.45) is 1.35. The van der Waals surface area contributed by atoms with Crippen molar-refractivity contribution in [1.29, 1.82) is 0 Å². The number of methoxy groups -OCH3 is 1. The van der Waals surface area contributed by atoms with Crippen LogP contribution >= 0.6 is 0 Å². The lowest BCUT2D eigenvalue weighted by Gasteiger charge is -2.03. The molecular formula is C18H17NO5. The number of carbonyl (C=O) groups excluding carboxylic acids is 2. The fourth-order valence-electron chi connectivity index (χ4n) is 2.65. The molecule has 0 unspecified atom stereocenters. The second-order valence-electron chi connectivity index (χ2n) is 5.57. The van der Waals surface area contributed by atoms with Crippen LogP contribution in [0.2, 0.25) is 0 Å². The number of carbonyl (C=O) groups is 2. The smallest absolute Gasteiger partial charge is 0.374 e. The predicted octanol–water partition coefficient (Wildman–Crippen LogP) is 3.52. The number of furan rings is 1. The van der Waals surface area contributed by atoms with Crippen molar-refractivity contribution in [3.63, 3.8) is 0 Å². The minimum atomic E-state index is -0.609. The van der Waals surface area contributed by atoms with Crippen LogP contribution in [0.1, 0.15) is 37.7 Å². The summed E-state index contributed by atoms with van der Waals surface area (Å²) in [6.45, 7) is 3.91. The van der Waals surface area contributed by atoms with Gasteiger partial charge >= 0.3 is 11.9 Å². The standard InChI is InChI=1S/C18H17NO5/c1-10-6-11(2)13-8-15(19-14(13)7-10)17(20)24-9-12-4-5-23-16(12)18(21)22-3/h4-8,19H,9H2,1-3H3. The minimum absolute atomic E-state index is 0.0356. The summed E-state index contributed by atoms with van der Waals surface area (Å²) in [7, 11) is 1.26. The fourth-order valence-corrected chi connectivity index (χ4v) is 2.65. The average Bonchev–Trinajstić information content (AvgIpc) is 3.18. The first-order chi connectivity index (χ1) is 11.5. The molecule has 24 heavy (non-hydrogen) atoms. The number of aryl methyl sites for hydroxylation is 2. The molecule has 6 nitrogen and oxygen atoms in total. The number of rotatable bonds is 4. The Kier molecular flexibility index (Phi) is 4.12. The van der Waals surface area contributed by atoms with Gasteiger partial charge in [-0.25, -0.2) is 9.59 Å². The molecular weight excluding hydrogens is 310 g/mol. The van der Waals surface area contributed by atoms with Gasteiger partial charge in [0.05, 0.1) is 13.4 Å². The molecule has 1 N–H and O–H groups in total. The lowest BCUT2D eigenvalue weighted by molar-refractivity contribution is 0.0448. The summed E-state index contributed by atoms with van der Waals surface area (Å²) in [4.78, 5) is 26.9. The molecule has 1 aromatic carbocycles. The second kappa shape index (κ2) is 6.23. The van der Waals surface area contributed by atoms with Crippen molar-refractivity contribution in [2.45, 2.75) is 20.5 Å². The summed E-state index contributed by atoms with van der Waals surface area (Å²) in [5.41, 5.74) is 3.91. The molecule has 3 rings (SSSR count). The molecule has 0 aliphatic carbocycles. The van der Waals surface area contributed by atoms with Gasteiger partial charge in [-0.15, -0.1) is 0 Å². The van der Waals surface area contributed by atoms with E-state index in [1.54, 1.807) is 12.1 Å². The number of hydrogen-bond acceptors (Lipinski definition) is 5. The summed E-state index contributed by atoms with van der Waals surface area (Å²) >= 11 is 0. The molecule has 0 aliphatic rings. The first-order valence-corrected chi connectivity index (χ1v) is 7.41. The Hall–Kier alpha value is -3.02. The molecule has 6 heteroatoms. The molecule has 124 valence electrons. The van der Waals surface area contributed by atoms with Gasteiger partial charge in [0.2, 0.25) is 5.76 Å². The molecule has 0 saturated heterocycles. The third kappa shape index (κ3) is 2.90. The molecule has 0 spiro atoms. The van der Waals surface area contributed by atoms with Crippen molar-refractivity contribution in [2.75, 3.05) is 7.11 Å². The highest BCUT2D eigenvalue weighted by molar-refractivity contribution is 5.96. The number of aromatic nitrogens is 1. The molecule has 0 aliphatic heterocycles. The van der Waals surface area contributed by atoms with Crippen LogP contribution in [0.4, 0.5) is 0 Å². The van der Waals surface area contributed by atoms with Crippen molar-refractivity contribution >= 4 is 22.8 Å². The fraction of sp³-hybridized carbons (Fsp3) is 0.222. The van der Waals surface area contributed by atoms with Crippen molar-refractivity contribution in [2.24, 2.45) is 0 Å². The van der Waals surface area contributed by atoms with Gasteiger partial charge in [0.1, 0.15) is 12.3 Å². The zero-order chi connectivity index (χ0) is 17.3. The van der Waals surface area contributed by atoms with Gasteiger partial charge in [-0.2, -0.15) is 0 Å². The molecule has 0 atom stereocenters. The van der Waals surface area contributed by atoms with E-state index in [0.717, 1.165) is 22.0 Å². The first kappa shape index (κ1) is 15.9. The van der Waals surface area contributed by atoms with Gasteiger partial charge < -0.3 is 18.9 Å². The van der Waals surface area contributed by atoms with E-state index in [9.17, 15) is 9.59 Å². The molecule has 0 bridgehead atoms. The Morgan fingerprint density at radius 3 is 2.71 bits per heavy atom. The van der Waals surface area contributed by atoms with Gasteiger partial charge in [0.15, 0.2) is 0 Å². The number of ether oxygens (including phenoxy) is 2. The maximum Gasteiger partial charge on any atom is 0.374 e. The molecule has 2 aromatic heterocycles. The number of fused-ring (bicyclic) bond motifs is 1. The van der Waals surface area contributed by atoms with Crippen molar-refractivity contribution in [1.82, 2.24) is 4.98 Å². The third-order valence-corrected chi connectivity index (χ3v) is 3.79. The van der Waals surface area contributed by atoms with E-state index in [1.807, 2.05) is 19.9 Å². The van der Waals surface area contributed by atoms with E-state index in [2.05, 4.69) is 15.8 Å². The highest BCUT2D eigenvalue weighted by Crippen LogP contribution is 2.22. The molecule has 3 aromatic rings. The SMILES string of the molecule is COC(=O)c1occc1COC(=O)c1cc2c(C)cc(C)cc2[nH]1. The van der Waals surface area contributed by atoms with E-state index < -0.39 is 11.9 Å². The Balaban J connectivity index is 1.77. The van der Waals surface area contributed by atoms with Crippen LogP contribution < -0.4 is 0 Å². The van der Waals surface area contributed by atoms with Crippen LogP contribution in [0.15, 0.2) is 34.9 Å². The quantitative estimate of drug-likeness (QED) is 0.741. The molecule has 0 fully saturated rings. The van der Waals surface area contributed by atoms with Crippen molar-refractivity contribution < 1.29 is 23.5 Å². The zero-order valence-electron chi connectivity index (χ0n) is 13.6. The molecule has 0 saturated carbocycles. The van der Waals surface area contributed by atoms with Gasteiger partial charge in [-0.1, -0.05) is 6.07 Å². The number of H-pyrrole nitrogens is 1. The zero-order valence-corrected chi connectivity index (χ0v) is 13.6. The number of benzene rings is 1. The average molecular weight is 327 g/mol. The molecule has 2 heterocycles. The summed E-state index contributed by atoms with van der Waals surface area (Å²) < 4.78 is 14.9. The maximum atomic E-state index is 12.3. The molecule has 0 radical (unpaired) electrons. The summed E-state index contributed by atoms with van der Waals surface area (Å²) in [5, 5.41) is 0.978. The number of hydrogen-bond donors (Lipinski definition) is 1. The topological polar surface area (TPSA) is 81.5 Å². The maximum absolute atomic E-state index is 12.3. The molecule has 0 amide bonds. The number of esters is 2. The van der Waals surface area contributed by atoms with E-state index in [-0.39, 0.29) is 12.4 Å². The summed E-state index contributed by atoms with van der Waals surface area (Å²) in [6, 6.07) is 7.37. The first-order valence-electron chi connectivity index (χ1n) is 7.41. The highest BCUT2D eigenvalue weighted by atomic mass is 16.5. The van der Waals surface area contributed by atoms with Crippen LogP contribution in [0.5, 0.6) is 0 Å². The van der Waals surface area contributed by atoms with Gasteiger partial charge in [0.25, 0.3) is 0 Å². The van der Waals surface area contributed by atoms with E-state index in [0.29, 0.717) is 11.3 Å². The number of aromatic amines is 1. The van der Waals surface area contributed by atoms with Crippen LogP contribution in [-0.2, 0) is 16.1 Å². The highest BCUT2D eigenvalue weighted by Gasteiger charge is 2.18. The largest absolute Gasteiger partial charge is 0.463 e. The Bertz CT molecular complexity index is 919. The Morgan fingerprint density at radius 1 is 1.17 bits per heavy atom. The lowest BCUT2D eigenvalue weighted by Crippen LogP contribution is -2.08. The van der Waals surface area contributed by atoms with Crippen molar-refractivity contribution in [3.8, 4) is 0 Å². The normalized spacial score (nSPS) is 10.8. The van der Waals surface area contributed by atoms with Gasteiger partial charge in [-0.3, -0.25) is 0 Å². The monoisotopic (exact) mass is 327 g/mol. The van der Waals surface area contributed by atoms with Crippen LogP contribution in [0, 0.1) is 13.8 Å². The van der Waals surface area contributed by atoms with Crippen LogP contribution in [0.25, 0.3) is 10.9 Å². The van der Waals surface area contributed by atoms with E-state index in [4.69, 9.17) is 9.15 Å². The van der Waals surface area contributed by atoms with E-state index >= 15 is 0 Å². The van der Waals surface area contributed by atoms with Crippen LogP contribution in [-0.4, -0.2) is 24.0 Å². The van der Waals surface area contributed by atoms with Crippen LogP contribution in [0.3, 0.4) is 0 Å². The minimum Gasteiger partial charge on any atom is -0.463 e. The Labute approximate surface area is 138 Å². The Morgan fingerprint density at radius 2 is 1.96 bits per heavy atom. The third-order valence-electron chi connectivity index (χ3n) is 3.79. The lowest BCUT2D eigenvalue weighted by atomic mass is 10.1. The van der Waals surface area contributed by atoms with Gasteiger partial charge in [0, 0.05) is 16.5 Å². The van der Waals surface area contributed by atoms with Gasteiger partial charge in [-0.05, 0) is 43.2 Å². The summed E-state index contributed by atoms with van der Waals surface area (Å²) in [5.74, 6) is -1.07. The van der Waals surface area contributed by atoms with E-state index in [1.165, 1.54) is 13.4 Å². The second-order valence-corrected chi connectivity index (χ2v) is 5.57.